The first-order valence-electron chi connectivity index (χ1n) is 11.7. The standard InChI is InChI=1S/C23H22N2O2.C4H7NO3.CH4S/c1-4-16-12-20(18-6-5-11-24-21(18)13-16)23(9-10-23)25-22(26)19-14-17(27-3)8-7-15(19)2;6-4(7,8)5-2-1-3-5;1-2/h4-8,11-14H,1,9-10H2,2-3H3,(H,25,26);1-2,6-8H,3H2;2H,1H3. The molecule has 1 amide bonds. The molecule has 4 N–H and O–H groups in total. The minimum atomic E-state index is -2.66. The summed E-state index contributed by atoms with van der Waals surface area (Å²) in [5.41, 5.74) is 4.25. The van der Waals surface area contributed by atoms with Gasteiger partial charge in [0.05, 0.1) is 18.2 Å². The Bertz CT molecular complexity index is 1300. The number of hydrogen-bond acceptors (Lipinski definition) is 8. The van der Waals surface area contributed by atoms with Crippen molar-refractivity contribution in [2.45, 2.75) is 31.4 Å². The van der Waals surface area contributed by atoms with Crippen LogP contribution in [0.3, 0.4) is 0 Å². The molecule has 8 nitrogen and oxygen atoms in total. The predicted molar refractivity (Wildman–Crippen MR) is 148 cm³/mol. The van der Waals surface area contributed by atoms with Crippen LogP contribution in [-0.2, 0) is 5.54 Å². The third-order valence-electron chi connectivity index (χ3n) is 6.26. The zero-order valence-electron chi connectivity index (χ0n) is 21.2. The van der Waals surface area contributed by atoms with Crippen molar-refractivity contribution in [2.75, 3.05) is 19.9 Å². The van der Waals surface area contributed by atoms with E-state index in [0.29, 0.717) is 17.9 Å². The molecule has 0 radical (unpaired) electrons. The number of amides is 1. The van der Waals surface area contributed by atoms with E-state index < -0.39 is 6.10 Å². The molecule has 1 aliphatic heterocycles. The number of aliphatic hydroxyl groups is 3. The van der Waals surface area contributed by atoms with Gasteiger partial charge in [0.2, 0.25) is 0 Å². The molecule has 5 rings (SSSR count). The van der Waals surface area contributed by atoms with E-state index in [0.717, 1.165) is 45.3 Å². The van der Waals surface area contributed by atoms with Crippen molar-refractivity contribution in [1.82, 2.24) is 15.2 Å². The molecule has 0 spiro atoms. The highest BCUT2D eigenvalue weighted by Crippen LogP contribution is 2.48. The fraction of sp³-hybridized carbons (Fsp3) is 0.286. The van der Waals surface area contributed by atoms with E-state index in [4.69, 9.17) is 20.1 Å². The quantitative estimate of drug-likeness (QED) is 0.248. The van der Waals surface area contributed by atoms with Gasteiger partial charge in [-0.1, -0.05) is 24.8 Å². The molecule has 1 aromatic heterocycles. The van der Waals surface area contributed by atoms with Crippen molar-refractivity contribution in [2.24, 2.45) is 0 Å². The maximum absolute atomic E-state index is 13.1. The number of thiol groups is 1. The van der Waals surface area contributed by atoms with E-state index in [1.807, 2.05) is 37.3 Å². The van der Waals surface area contributed by atoms with Crippen LogP contribution < -0.4 is 10.1 Å². The van der Waals surface area contributed by atoms with Crippen molar-refractivity contribution in [3.8, 4) is 5.75 Å². The van der Waals surface area contributed by atoms with Crippen LogP contribution in [-0.4, -0.2) is 57.1 Å². The topological polar surface area (TPSA) is 115 Å². The maximum atomic E-state index is 13.1. The largest absolute Gasteiger partial charge is 0.497 e. The molecule has 2 aliphatic rings. The molecular formula is C28H33N3O5S. The number of nitrogens with one attached hydrogen (secondary N) is 1. The van der Waals surface area contributed by atoms with Crippen LogP contribution in [0.15, 0.2) is 67.5 Å². The molecule has 1 fully saturated rings. The Morgan fingerprint density at radius 3 is 2.43 bits per heavy atom. The summed E-state index contributed by atoms with van der Waals surface area (Å²) in [6.45, 7) is 6.21. The summed E-state index contributed by atoms with van der Waals surface area (Å²) in [4.78, 5) is 18.5. The zero-order valence-corrected chi connectivity index (χ0v) is 22.1. The normalized spacial score (nSPS) is 14.8. The molecule has 3 aromatic rings. The summed E-state index contributed by atoms with van der Waals surface area (Å²) in [6, 6.07) is 13.7. The van der Waals surface area contributed by atoms with Crippen molar-refractivity contribution >= 4 is 35.5 Å². The lowest BCUT2D eigenvalue weighted by atomic mass is 9.95. The highest BCUT2D eigenvalue weighted by atomic mass is 32.1. The summed E-state index contributed by atoms with van der Waals surface area (Å²) in [5, 5.41) is 29.3. The van der Waals surface area contributed by atoms with Crippen molar-refractivity contribution in [1.29, 1.82) is 0 Å². The van der Waals surface area contributed by atoms with Gasteiger partial charge in [0.15, 0.2) is 0 Å². The van der Waals surface area contributed by atoms with Gasteiger partial charge in [-0.25, -0.2) is 0 Å². The average molecular weight is 524 g/mol. The number of carbonyl (C=O) groups excluding carboxylic acids is 1. The Morgan fingerprint density at radius 2 is 1.92 bits per heavy atom. The lowest BCUT2D eigenvalue weighted by Gasteiger charge is -2.32. The van der Waals surface area contributed by atoms with Gasteiger partial charge >= 0.3 is 6.10 Å². The zero-order chi connectivity index (χ0) is 27.2. The number of carbonyl (C=O) groups is 1. The second-order valence-electron chi connectivity index (χ2n) is 8.70. The fourth-order valence-electron chi connectivity index (χ4n) is 4.00. The molecule has 0 saturated heterocycles. The number of pyridine rings is 1. The Hall–Kier alpha value is -3.37. The van der Waals surface area contributed by atoms with Crippen LogP contribution in [0, 0.1) is 6.92 Å². The molecule has 0 atom stereocenters. The number of hydrogen-bond donors (Lipinski definition) is 5. The average Bonchev–Trinajstić information content (AvgIpc) is 3.63. The van der Waals surface area contributed by atoms with Gasteiger partial charge in [0.25, 0.3) is 5.91 Å². The van der Waals surface area contributed by atoms with Gasteiger partial charge in [0, 0.05) is 29.9 Å². The molecule has 1 aliphatic carbocycles. The van der Waals surface area contributed by atoms with Crippen LogP contribution in [0.4, 0.5) is 0 Å². The molecule has 37 heavy (non-hydrogen) atoms. The Labute approximate surface area is 222 Å². The smallest absolute Gasteiger partial charge is 0.369 e. The van der Waals surface area contributed by atoms with E-state index in [2.05, 4.69) is 41.6 Å². The fourth-order valence-corrected chi connectivity index (χ4v) is 4.00. The highest BCUT2D eigenvalue weighted by Gasteiger charge is 2.47. The number of rotatable bonds is 6. The van der Waals surface area contributed by atoms with Crippen LogP contribution in [0.5, 0.6) is 5.75 Å². The Morgan fingerprint density at radius 1 is 1.22 bits per heavy atom. The third kappa shape index (κ3) is 6.50. The molecular weight excluding hydrogens is 490 g/mol. The number of fused-ring (bicyclic) bond motifs is 1. The van der Waals surface area contributed by atoms with Crippen LogP contribution in [0.1, 0.15) is 39.9 Å². The van der Waals surface area contributed by atoms with Gasteiger partial charge in [-0.3, -0.25) is 14.7 Å². The predicted octanol–water partition coefficient (Wildman–Crippen LogP) is 3.56. The van der Waals surface area contributed by atoms with Gasteiger partial charge in [-0.2, -0.15) is 12.6 Å². The molecule has 0 unspecified atom stereocenters. The lowest BCUT2D eigenvalue weighted by Crippen LogP contribution is -2.48. The van der Waals surface area contributed by atoms with Crippen molar-refractivity contribution in [3.63, 3.8) is 0 Å². The molecule has 2 aromatic carbocycles. The van der Waals surface area contributed by atoms with Crippen molar-refractivity contribution < 1.29 is 24.9 Å². The van der Waals surface area contributed by atoms with E-state index in [1.54, 1.807) is 31.7 Å². The Kier molecular flexibility index (Phi) is 8.98. The van der Waals surface area contributed by atoms with E-state index in [9.17, 15) is 4.79 Å². The molecule has 0 bridgehead atoms. The van der Waals surface area contributed by atoms with Gasteiger partial charge in [-0.15, -0.1) is 0 Å². The molecule has 1 saturated carbocycles. The van der Waals surface area contributed by atoms with Gasteiger partial charge in [-0.05, 0) is 79.1 Å². The van der Waals surface area contributed by atoms with Crippen LogP contribution in [0.25, 0.3) is 17.0 Å². The second-order valence-corrected chi connectivity index (χ2v) is 8.70. The summed E-state index contributed by atoms with van der Waals surface area (Å²) in [6.07, 6.45) is 7.54. The minimum absolute atomic E-state index is 0.0788. The summed E-state index contributed by atoms with van der Waals surface area (Å²) in [5.74, 6) is 0.601. The first-order chi connectivity index (χ1) is 17.7. The number of benzene rings is 2. The number of methoxy groups -OCH3 is 1. The van der Waals surface area contributed by atoms with Gasteiger partial charge < -0.3 is 25.4 Å². The second kappa shape index (κ2) is 11.8. The van der Waals surface area contributed by atoms with Crippen LogP contribution >= 0.6 is 12.6 Å². The van der Waals surface area contributed by atoms with Gasteiger partial charge in [0.1, 0.15) is 5.75 Å². The van der Waals surface area contributed by atoms with Crippen LogP contribution in [0.2, 0.25) is 0 Å². The summed E-state index contributed by atoms with van der Waals surface area (Å²) < 4.78 is 5.28. The van der Waals surface area contributed by atoms with E-state index in [-0.39, 0.29) is 11.4 Å². The van der Waals surface area contributed by atoms with E-state index in [1.165, 1.54) is 6.20 Å². The molecule has 9 heteroatoms. The lowest BCUT2D eigenvalue weighted by molar-refractivity contribution is -0.383. The minimum Gasteiger partial charge on any atom is -0.497 e. The molecule has 196 valence electrons. The molecule has 2 heterocycles. The number of ether oxygens (including phenoxy) is 1. The number of aryl methyl sites for hydroxylation is 1. The first kappa shape index (κ1) is 28.2. The third-order valence-corrected chi connectivity index (χ3v) is 6.26. The number of nitrogens with zero attached hydrogens (tertiary/aromatic N) is 2. The first-order valence-corrected chi connectivity index (χ1v) is 12.6. The Balaban J connectivity index is 0.000000322. The van der Waals surface area contributed by atoms with Crippen molar-refractivity contribution in [3.05, 3.63) is 89.8 Å². The maximum Gasteiger partial charge on any atom is 0.369 e. The van der Waals surface area contributed by atoms with E-state index >= 15 is 0 Å². The monoisotopic (exact) mass is 523 g/mol. The highest BCUT2D eigenvalue weighted by molar-refractivity contribution is 7.79. The summed E-state index contributed by atoms with van der Waals surface area (Å²) in [7, 11) is 1.61. The summed E-state index contributed by atoms with van der Waals surface area (Å²) >= 11 is 3.53. The SMILES string of the molecule is C=Cc1cc(C2(NC(=O)c3cc(OC)ccc3C)CC2)c2cccnc2c1.CS.OC(O)(O)N1C=CC1. The number of aromatic nitrogens is 1.